The van der Waals surface area contributed by atoms with Gasteiger partial charge in [0.15, 0.2) is 0 Å². The lowest BCUT2D eigenvalue weighted by Gasteiger charge is -2.11. The Morgan fingerprint density at radius 2 is 1.78 bits per heavy atom. The van der Waals surface area contributed by atoms with E-state index in [1.165, 1.54) is 17.8 Å². The summed E-state index contributed by atoms with van der Waals surface area (Å²) in [6.07, 6.45) is 0. The van der Waals surface area contributed by atoms with E-state index < -0.39 is 0 Å². The predicted molar refractivity (Wildman–Crippen MR) is 141 cm³/mol. The van der Waals surface area contributed by atoms with E-state index in [0.29, 0.717) is 44.5 Å². The van der Waals surface area contributed by atoms with Crippen molar-refractivity contribution in [3.8, 4) is 28.6 Å². The fourth-order valence-electron chi connectivity index (χ4n) is 3.78. The summed E-state index contributed by atoms with van der Waals surface area (Å²) < 4.78 is 0. The molecule has 2 heterocycles. The van der Waals surface area contributed by atoms with Gasteiger partial charge in [-0.05, 0) is 46.7 Å². The first-order valence-corrected chi connectivity index (χ1v) is 12.2. The molecule has 10 heteroatoms. The summed E-state index contributed by atoms with van der Waals surface area (Å²) in [5.74, 6) is 0.697. The summed E-state index contributed by atoms with van der Waals surface area (Å²) in [6, 6.07) is 27.3. The molecule has 0 aliphatic heterocycles. The number of pyridine rings is 1. The van der Waals surface area contributed by atoms with Crippen molar-refractivity contribution in [1.29, 1.82) is 5.26 Å². The Morgan fingerprint density at radius 3 is 2.57 bits per heavy atom. The van der Waals surface area contributed by atoms with Gasteiger partial charge >= 0.3 is 0 Å². The molecule has 1 amide bonds. The number of aromatic amines is 2. The van der Waals surface area contributed by atoms with Crippen LogP contribution in [0.2, 0.25) is 0 Å². The van der Waals surface area contributed by atoms with E-state index in [-0.39, 0.29) is 11.5 Å². The first kappa shape index (κ1) is 23.7. The summed E-state index contributed by atoms with van der Waals surface area (Å²) in [4.78, 5) is 28.1. The molecule has 2 aromatic heterocycles. The van der Waals surface area contributed by atoms with Crippen molar-refractivity contribution in [2.75, 3.05) is 5.32 Å². The van der Waals surface area contributed by atoms with Crippen molar-refractivity contribution in [2.24, 2.45) is 0 Å². The zero-order valence-electron chi connectivity index (χ0n) is 19.3. The Morgan fingerprint density at radius 1 is 0.973 bits per heavy atom. The van der Waals surface area contributed by atoms with Crippen LogP contribution in [0.1, 0.15) is 21.5 Å². The summed E-state index contributed by atoms with van der Waals surface area (Å²) >= 11 is 1.34. The zero-order valence-corrected chi connectivity index (χ0v) is 20.1. The van der Waals surface area contributed by atoms with E-state index >= 15 is 0 Å². The van der Waals surface area contributed by atoms with Crippen LogP contribution >= 0.6 is 11.8 Å². The number of nitrogens with one attached hydrogen (secondary N) is 3. The van der Waals surface area contributed by atoms with Crippen LogP contribution in [0.4, 0.5) is 5.69 Å². The van der Waals surface area contributed by atoms with Crippen LogP contribution in [0.25, 0.3) is 22.5 Å². The van der Waals surface area contributed by atoms with E-state index in [9.17, 15) is 14.9 Å². The minimum absolute atomic E-state index is 0.285. The Labute approximate surface area is 215 Å². The highest BCUT2D eigenvalue weighted by Gasteiger charge is 2.15. The minimum atomic E-state index is -0.337. The van der Waals surface area contributed by atoms with Gasteiger partial charge in [0.25, 0.3) is 5.91 Å². The molecule has 0 saturated heterocycles. The average molecular weight is 506 g/mol. The van der Waals surface area contributed by atoms with Gasteiger partial charge in [0.05, 0.1) is 10.6 Å². The number of carbonyl (C=O) groups excluding carboxylic acids is 1. The lowest BCUT2D eigenvalue weighted by molar-refractivity contribution is 0.102. The standard InChI is InChI=1S/C27H19N7O2S/c28-15-23-22(18-7-5-9-20(13-18)26(36)29-21-10-2-1-3-11-21)14-24(35)30-27(23)37-16-17-6-4-8-19(12-17)25-31-33-34-32-25/h1-14H,16H2,(H,29,36)(H,30,35)(H,31,32,33,34). The van der Waals surface area contributed by atoms with Gasteiger partial charge in [-0.1, -0.05) is 48.5 Å². The van der Waals surface area contributed by atoms with Crippen LogP contribution < -0.4 is 10.9 Å². The minimum Gasteiger partial charge on any atom is -0.322 e. The summed E-state index contributed by atoms with van der Waals surface area (Å²) in [6.45, 7) is 0. The number of aromatic nitrogens is 5. The third kappa shape index (κ3) is 5.47. The molecule has 0 saturated carbocycles. The highest BCUT2D eigenvalue weighted by Crippen LogP contribution is 2.31. The monoisotopic (exact) mass is 505 g/mol. The maximum Gasteiger partial charge on any atom is 0.255 e. The van der Waals surface area contributed by atoms with Gasteiger partial charge in [-0.3, -0.25) is 9.59 Å². The van der Waals surface area contributed by atoms with Gasteiger partial charge in [0.1, 0.15) is 6.07 Å². The van der Waals surface area contributed by atoms with Crippen LogP contribution in [0.3, 0.4) is 0 Å². The highest BCUT2D eigenvalue weighted by molar-refractivity contribution is 7.98. The molecule has 5 aromatic rings. The van der Waals surface area contributed by atoms with Crippen molar-refractivity contribution in [2.45, 2.75) is 10.8 Å². The Hall–Kier alpha value is -5.01. The number of para-hydroxylation sites is 1. The molecule has 37 heavy (non-hydrogen) atoms. The van der Waals surface area contributed by atoms with Gasteiger partial charge in [-0.2, -0.15) is 10.5 Å². The van der Waals surface area contributed by atoms with Gasteiger partial charge < -0.3 is 10.3 Å². The molecular weight excluding hydrogens is 486 g/mol. The Kier molecular flexibility index (Phi) is 6.87. The molecule has 0 atom stereocenters. The van der Waals surface area contributed by atoms with Gasteiger partial charge in [-0.25, -0.2) is 0 Å². The van der Waals surface area contributed by atoms with Crippen molar-refractivity contribution < 1.29 is 4.79 Å². The third-order valence-corrected chi connectivity index (χ3v) is 6.57. The quantitative estimate of drug-likeness (QED) is 0.274. The van der Waals surface area contributed by atoms with E-state index in [4.69, 9.17) is 0 Å². The van der Waals surface area contributed by atoms with Crippen LogP contribution in [-0.2, 0) is 5.75 Å². The molecule has 3 aromatic carbocycles. The lowest BCUT2D eigenvalue weighted by Crippen LogP contribution is -2.12. The van der Waals surface area contributed by atoms with Crippen molar-refractivity contribution >= 4 is 23.4 Å². The number of anilines is 1. The number of H-pyrrole nitrogens is 2. The number of amides is 1. The van der Waals surface area contributed by atoms with Crippen molar-refractivity contribution in [1.82, 2.24) is 25.6 Å². The van der Waals surface area contributed by atoms with Gasteiger partial charge in [0, 0.05) is 34.2 Å². The second kappa shape index (κ2) is 10.7. The van der Waals surface area contributed by atoms with Crippen LogP contribution in [-0.4, -0.2) is 31.5 Å². The number of hydrogen-bond donors (Lipinski definition) is 3. The van der Waals surface area contributed by atoms with Gasteiger partial charge in [0.2, 0.25) is 11.4 Å². The predicted octanol–water partition coefficient (Wildman–Crippen LogP) is 4.64. The largest absolute Gasteiger partial charge is 0.322 e. The SMILES string of the molecule is N#Cc1c(-c2cccc(C(=O)Nc3ccccc3)c2)cc(=O)[nH]c1SCc1cccc(-c2nn[nH]n2)c1. The summed E-state index contributed by atoms with van der Waals surface area (Å²) in [7, 11) is 0. The molecule has 3 N–H and O–H groups in total. The van der Waals surface area contributed by atoms with Crippen molar-refractivity contribution in [3.05, 3.63) is 112 Å². The van der Waals surface area contributed by atoms with E-state index in [1.54, 1.807) is 36.4 Å². The molecule has 0 bridgehead atoms. The van der Waals surface area contributed by atoms with Crippen LogP contribution in [0.15, 0.2) is 94.7 Å². The van der Waals surface area contributed by atoms with E-state index in [2.05, 4.69) is 37.0 Å². The average Bonchev–Trinajstić information content (AvgIpc) is 3.48. The zero-order chi connectivity index (χ0) is 25.6. The van der Waals surface area contributed by atoms with Crippen molar-refractivity contribution in [3.63, 3.8) is 0 Å². The second-order valence-electron chi connectivity index (χ2n) is 7.99. The molecule has 0 unspecified atom stereocenters. The first-order valence-electron chi connectivity index (χ1n) is 11.2. The highest BCUT2D eigenvalue weighted by atomic mass is 32.2. The number of carbonyl (C=O) groups is 1. The second-order valence-corrected chi connectivity index (χ2v) is 8.97. The molecule has 5 rings (SSSR count). The fourth-order valence-corrected chi connectivity index (χ4v) is 4.74. The molecule has 0 radical (unpaired) electrons. The first-order chi connectivity index (χ1) is 18.1. The summed E-state index contributed by atoms with van der Waals surface area (Å²) in [5, 5.41) is 27.3. The third-order valence-electron chi connectivity index (χ3n) is 5.50. The maximum absolute atomic E-state index is 12.8. The number of nitriles is 1. The van der Waals surface area contributed by atoms with E-state index in [1.807, 2.05) is 42.5 Å². The molecule has 9 nitrogen and oxygen atoms in total. The molecule has 180 valence electrons. The number of nitrogens with zero attached hydrogens (tertiary/aromatic N) is 4. The van der Waals surface area contributed by atoms with E-state index in [0.717, 1.165) is 11.1 Å². The maximum atomic E-state index is 12.8. The van der Waals surface area contributed by atoms with Crippen LogP contribution in [0, 0.1) is 11.3 Å². The molecule has 0 aliphatic carbocycles. The molecular formula is C27H19N7O2S. The smallest absolute Gasteiger partial charge is 0.255 e. The number of thioether (sulfide) groups is 1. The van der Waals surface area contributed by atoms with Crippen LogP contribution in [0.5, 0.6) is 0 Å². The molecule has 0 spiro atoms. The Balaban J connectivity index is 1.42. The number of benzene rings is 3. The molecule has 0 aliphatic rings. The lowest BCUT2D eigenvalue weighted by atomic mass is 10.00. The number of hydrogen-bond acceptors (Lipinski definition) is 7. The number of rotatable bonds is 7. The Bertz CT molecular complexity index is 1660. The fraction of sp³-hybridized carbons (Fsp3) is 0.0370. The molecule has 0 fully saturated rings. The normalized spacial score (nSPS) is 10.6. The van der Waals surface area contributed by atoms with Gasteiger partial charge in [-0.15, -0.1) is 22.0 Å². The number of tetrazole rings is 1. The summed E-state index contributed by atoms with van der Waals surface area (Å²) in [5.41, 5.74) is 3.91. The topological polar surface area (TPSA) is 140 Å².